The summed E-state index contributed by atoms with van der Waals surface area (Å²) < 4.78 is 9.99. The molecule has 126 valence electrons. The van der Waals surface area contributed by atoms with Crippen LogP contribution in [0.1, 0.15) is 23.4 Å². The first-order valence-electron chi connectivity index (χ1n) is 7.40. The van der Waals surface area contributed by atoms with Gasteiger partial charge < -0.3 is 14.8 Å². The van der Waals surface area contributed by atoms with Crippen LogP contribution in [0.25, 0.3) is 6.08 Å². The molecule has 0 saturated carbocycles. The highest BCUT2D eigenvalue weighted by Crippen LogP contribution is 2.17. The number of esters is 1. The predicted molar refractivity (Wildman–Crippen MR) is 93.9 cm³/mol. The van der Waals surface area contributed by atoms with Crippen molar-refractivity contribution in [3.63, 3.8) is 0 Å². The van der Waals surface area contributed by atoms with E-state index in [1.165, 1.54) is 6.08 Å². The van der Waals surface area contributed by atoms with E-state index in [0.29, 0.717) is 0 Å². The molecular weight excluding hydrogens is 326 g/mol. The van der Waals surface area contributed by atoms with Gasteiger partial charge in [-0.15, -0.1) is 11.3 Å². The van der Waals surface area contributed by atoms with Crippen LogP contribution < -0.4 is 10.1 Å². The molecule has 0 unspecified atom stereocenters. The fourth-order valence-electron chi connectivity index (χ4n) is 1.96. The van der Waals surface area contributed by atoms with Gasteiger partial charge in [0.25, 0.3) is 5.91 Å². The molecule has 1 amide bonds. The summed E-state index contributed by atoms with van der Waals surface area (Å²) in [4.78, 5) is 24.5. The van der Waals surface area contributed by atoms with Crippen molar-refractivity contribution >= 4 is 29.3 Å². The van der Waals surface area contributed by atoms with Crippen molar-refractivity contribution in [1.82, 2.24) is 5.32 Å². The lowest BCUT2D eigenvalue weighted by Gasteiger charge is -2.11. The average Bonchev–Trinajstić information content (AvgIpc) is 3.13. The third kappa shape index (κ3) is 5.55. The van der Waals surface area contributed by atoms with Gasteiger partial charge in [-0.25, -0.2) is 4.79 Å². The molecule has 2 rings (SSSR count). The monoisotopic (exact) mass is 345 g/mol. The fourth-order valence-corrected chi connectivity index (χ4v) is 2.69. The summed E-state index contributed by atoms with van der Waals surface area (Å²) in [5.74, 6) is -0.155. The molecule has 1 aromatic carbocycles. The number of hydrogen-bond donors (Lipinski definition) is 1. The van der Waals surface area contributed by atoms with Gasteiger partial charge in [0.15, 0.2) is 6.61 Å². The van der Waals surface area contributed by atoms with Crippen molar-refractivity contribution in [3.05, 3.63) is 58.3 Å². The number of hydrogen-bond acceptors (Lipinski definition) is 5. The summed E-state index contributed by atoms with van der Waals surface area (Å²) in [5, 5.41) is 4.73. The number of carbonyl (C=O) groups is 2. The maximum atomic E-state index is 11.8. The summed E-state index contributed by atoms with van der Waals surface area (Å²) in [5.41, 5.74) is 0.837. The van der Waals surface area contributed by atoms with Crippen LogP contribution in [0.15, 0.2) is 47.9 Å². The first-order valence-corrected chi connectivity index (χ1v) is 8.28. The molecule has 0 aliphatic carbocycles. The summed E-state index contributed by atoms with van der Waals surface area (Å²) >= 11 is 1.56. The van der Waals surface area contributed by atoms with Crippen LogP contribution in [0.5, 0.6) is 5.75 Å². The van der Waals surface area contributed by atoms with Gasteiger partial charge in [-0.2, -0.15) is 0 Å². The Hall–Kier alpha value is -2.60. The number of ether oxygens (including phenoxy) is 2. The molecule has 6 heteroatoms. The van der Waals surface area contributed by atoms with E-state index in [1.54, 1.807) is 36.7 Å². The Balaban J connectivity index is 1.75. The van der Waals surface area contributed by atoms with Crippen LogP contribution in [-0.4, -0.2) is 25.6 Å². The van der Waals surface area contributed by atoms with E-state index in [0.717, 1.165) is 16.2 Å². The van der Waals surface area contributed by atoms with Crippen molar-refractivity contribution in [3.8, 4) is 5.75 Å². The van der Waals surface area contributed by atoms with E-state index in [9.17, 15) is 9.59 Å². The second-order valence-corrected chi connectivity index (χ2v) is 6.00. The van der Waals surface area contributed by atoms with Gasteiger partial charge in [0.05, 0.1) is 13.2 Å². The lowest BCUT2D eigenvalue weighted by atomic mass is 10.2. The van der Waals surface area contributed by atoms with Crippen LogP contribution in [-0.2, 0) is 14.3 Å². The number of methoxy groups -OCH3 is 1. The number of rotatable bonds is 7. The molecule has 24 heavy (non-hydrogen) atoms. The van der Waals surface area contributed by atoms with Crippen molar-refractivity contribution in [2.24, 2.45) is 0 Å². The molecule has 0 fully saturated rings. The molecule has 0 spiro atoms. The van der Waals surface area contributed by atoms with E-state index in [2.05, 4.69) is 5.32 Å². The molecule has 0 aliphatic rings. The molecule has 2 aromatic rings. The summed E-state index contributed by atoms with van der Waals surface area (Å²) in [6.07, 6.45) is 2.91. The van der Waals surface area contributed by atoms with Gasteiger partial charge in [-0.1, -0.05) is 18.2 Å². The molecule has 0 aliphatic heterocycles. The topological polar surface area (TPSA) is 64.6 Å². The summed E-state index contributed by atoms with van der Waals surface area (Å²) in [6.45, 7) is 1.58. The zero-order valence-electron chi connectivity index (χ0n) is 13.5. The Kier molecular flexibility index (Phi) is 6.57. The van der Waals surface area contributed by atoms with Crippen LogP contribution in [0.4, 0.5) is 0 Å². The molecule has 5 nitrogen and oxygen atoms in total. The summed E-state index contributed by atoms with van der Waals surface area (Å²) in [7, 11) is 1.59. The van der Waals surface area contributed by atoms with Crippen LogP contribution in [0.2, 0.25) is 0 Å². The quantitative estimate of drug-likeness (QED) is 0.618. The number of benzene rings is 1. The SMILES string of the molecule is COc1ccc(/C=C/C(=O)OCC(=O)N[C@H](C)c2cccs2)cc1. The molecule has 1 N–H and O–H groups in total. The van der Waals surface area contributed by atoms with Crippen molar-refractivity contribution in [2.45, 2.75) is 13.0 Å². The minimum Gasteiger partial charge on any atom is -0.497 e. The Morgan fingerprint density at radius 3 is 2.62 bits per heavy atom. The fraction of sp³-hybridized carbons (Fsp3) is 0.222. The highest BCUT2D eigenvalue weighted by molar-refractivity contribution is 7.10. The molecule has 0 radical (unpaired) electrons. The normalized spacial score (nSPS) is 11.9. The standard InChI is InChI=1S/C18H19NO4S/c1-13(16-4-3-11-24-16)19-17(20)12-23-18(21)10-7-14-5-8-15(22-2)9-6-14/h3-11,13H,12H2,1-2H3,(H,19,20)/b10-7+/t13-/m1/s1. The Labute approximate surface area is 144 Å². The summed E-state index contributed by atoms with van der Waals surface area (Å²) in [6, 6.07) is 11.0. The molecule has 1 atom stereocenters. The molecule has 1 aromatic heterocycles. The molecule has 0 bridgehead atoms. The minimum atomic E-state index is -0.565. The van der Waals surface area contributed by atoms with Gasteiger partial charge in [0.2, 0.25) is 0 Å². The van der Waals surface area contributed by atoms with Gasteiger partial charge in [-0.05, 0) is 42.1 Å². The second-order valence-electron chi connectivity index (χ2n) is 5.02. The largest absolute Gasteiger partial charge is 0.497 e. The maximum absolute atomic E-state index is 11.8. The smallest absolute Gasteiger partial charge is 0.331 e. The lowest BCUT2D eigenvalue weighted by Crippen LogP contribution is -2.30. The average molecular weight is 345 g/mol. The van der Waals surface area contributed by atoms with Gasteiger partial charge in [0, 0.05) is 11.0 Å². The van der Waals surface area contributed by atoms with Gasteiger partial charge in [0.1, 0.15) is 5.75 Å². The number of amides is 1. The highest BCUT2D eigenvalue weighted by atomic mass is 32.1. The lowest BCUT2D eigenvalue weighted by molar-refractivity contribution is -0.144. The van der Waals surface area contributed by atoms with E-state index in [-0.39, 0.29) is 18.6 Å². The van der Waals surface area contributed by atoms with Crippen molar-refractivity contribution in [1.29, 1.82) is 0 Å². The third-order valence-electron chi connectivity index (χ3n) is 3.22. The maximum Gasteiger partial charge on any atom is 0.331 e. The van der Waals surface area contributed by atoms with Crippen LogP contribution in [0, 0.1) is 0 Å². The van der Waals surface area contributed by atoms with Gasteiger partial charge in [-0.3, -0.25) is 4.79 Å². The molecule has 0 saturated heterocycles. The van der Waals surface area contributed by atoms with E-state index in [4.69, 9.17) is 9.47 Å². The van der Waals surface area contributed by atoms with Gasteiger partial charge >= 0.3 is 5.97 Å². The van der Waals surface area contributed by atoms with Crippen LogP contribution in [0.3, 0.4) is 0 Å². The predicted octanol–water partition coefficient (Wildman–Crippen LogP) is 3.19. The molecular formula is C18H19NO4S. The second kappa shape index (κ2) is 8.88. The van der Waals surface area contributed by atoms with E-state index < -0.39 is 5.97 Å². The Morgan fingerprint density at radius 2 is 2.00 bits per heavy atom. The minimum absolute atomic E-state index is 0.106. The number of nitrogens with one attached hydrogen (secondary N) is 1. The zero-order valence-corrected chi connectivity index (χ0v) is 14.3. The number of carbonyl (C=O) groups excluding carboxylic acids is 2. The van der Waals surface area contributed by atoms with E-state index in [1.807, 2.05) is 36.6 Å². The molecule has 1 heterocycles. The first-order chi connectivity index (χ1) is 11.6. The Morgan fingerprint density at radius 1 is 1.25 bits per heavy atom. The zero-order chi connectivity index (χ0) is 17.4. The third-order valence-corrected chi connectivity index (χ3v) is 4.28. The van der Waals surface area contributed by atoms with E-state index >= 15 is 0 Å². The Bertz CT molecular complexity index is 692. The first kappa shape index (κ1) is 17.7. The van der Waals surface area contributed by atoms with Crippen molar-refractivity contribution < 1.29 is 19.1 Å². The van der Waals surface area contributed by atoms with Crippen molar-refractivity contribution in [2.75, 3.05) is 13.7 Å². The number of thiophene rings is 1. The van der Waals surface area contributed by atoms with Crippen LogP contribution >= 0.6 is 11.3 Å². The highest BCUT2D eigenvalue weighted by Gasteiger charge is 2.11.